The second-order valence-corrected chi connectivity index (χ2v) is 15.7. The summed E-state index contributed by atoms with van der Waals surface area (Å²) in [6, 6.07) is 69.1. The van der Waals surface area contributed by atoms with E-state index < -0.39 is 0 Å². The first kappa shape index (κ1) is 33.9. The van der Waals surface area contributed by atoms with Crippen molar-refractivity contribution in [3.8, 4) is 73.2 Å². The zero-order valence-electron chi connectivity index (χ0n) is 32.3. The molecule has 4 heteroatoms. The average molecular weight is 743 g/mol. The Bertz CT molecular complexity index is 3120. The standard InChI is InChI=1S/C54H38N4/c1-54(2)46-26-13-12-24-43(46)44-30-28-38(34-47(44)54)37-29-31-48-45(33-37)50-42(25-15-27-49(50)58(48)41-22-10-5-11-23-41)39-20-14-21-40(32-39)53-56-51(35-16-6-3-7-17-35)55-52(57-53)36-18-8-4-9-19-36/h3-34H,1-2H3. The Morgan fingerprint density at radius 3 is 1.62 bits per heavy atom. The van der Waals surface area contributed by atoms with Gasteiger partial charge >= 0.3 is 0 Å². The molecule has 0 saturated carbocycles. The summed E-state index contributed by atoms with van der Waals surface area (Å²) in [6.07, 6.45) is 0. The molecule has 0 amide bonds. The summed E-state index contributed by atoms with van der Waals surface area (Å²) in [6.45, 7) is 4.70. The van der Waals surface area contributed by atoms with Crippen LogP contribution < -0.4 is 0 Å². The van der Waals surface area contributed by atoms with Crippen molar-refractivity contribution in [1.82, 2.24) is 19.5 Å². The van der Waals surface area contributed by atoms with E-state index >= 15 is 0 Å². The van der Waals surface area contributed by atoms with Crippen molar-refractivity contribution in [3.05, 3.63) is 205 Å². The highest BCUT2D eigenvalue weighted by atomic mass is 15.0. The molecule has 0 atom stereocenters. The lowest BCUT2D eigenvalue weighted by molar-refractivity contribution is 0.660. The summed E-state index contributed by atoms with van der Waals surface area (Å²) in [5.74, 6) is 1.93. The number of fused-ring (bicyclic) bond motifs is 6. The zero-order chi connectivity index (χ0) is 38.8. The van der Waals surface area contributed by atoms with Gasteiger partial charge in [0.15, 0.2) is 17.5 Å². The van der Waals surface area contributed by atoms with E-state index in [1.807, 2.05) is 60.7 Å². The first-order chi connectivity index (χ1) is 28.5. The Hall–Kier alpha value is -7.43. The molecule has 1 aliphatic carbocycles. The molecule has 8 aromatic carbocycles. The maximum absolute atomic E-state index is 5.06. The number of benzene rings is 8. The van der Waals surface area contributed by atoms with Crippen LogP contribution in [0.2, 0.25) is 0 Å². The fourth-order valence-electron chi connectivity index (χ4n) is 8.99. The highest BCUT2D eigenvalue weighted by Gasteiger charge is 2.35. The van der Waals surface area contributed by atoms with Gasteiger partial charge in [-0.05, 0) is 87.0 Å². The maximum atomic E-state index is 5.06. The molecule has 0 aliphatic heterocycles. The number of para-hydroxylation sites is 1. The molecule has 0 fully saturated rings. The van der Waals surface area contributed by atoms with E-state index in [2.05, 4.69) is 152 Å². The van der Waals surface area contributed by atoms with Gasteiger partial charge in [-0.25, -0.2) is 15.0 Å². The molecular formula is C54H38N4. The van der Waals surface area contributed by atoms with E-state index in [0.717, 1.165) is 39.0 Å². The summed E-state index contributed by atoms with van der Waals surface area (Å²) < 4.78 is 2.40. The minimum absolute atomic E-state index is 0.0736. The summed E-state index contributed by atoms with van der Waals surface area (Å²) in [4.78, 5) is 15.0. The molecule has 1 aliphatic rings. The third-order valence-corrected chi connectivity index (χ3v) is 11.9. The van der Waals surface area contributed by atoms with E-state index in [1.165, 1.54) is 49.7 Å². The molecule has 2 heterocycles. The largest absolute Gasteiger partial charge is 0.309 e. The van der Waals surface area contributed by atoms with Crippen LogP contribution in [0.25, 0.3) is 95.0 Å². The van der Waals surface area contributed by atoms with Crippen LogP contribution in [-0.4, -0.2) is 19.5 Å². The van der Waals surface area contributed by atoms with Gasteiger partial charge in [0.25, 0.3) is 0 Å². The lowest BCUT2D eigenvalue weighted by Gasteiger charge is -2.22. The highest BCUT2D eigenvalue weighted by Crippen LogP contribution is 2.50. The first-order valence-electron chi connectivity index (χ1n) is 19.9. The number of nitrogens with zero attached hydrogens (tertiary/aromatic N) is 4. The van der Waals surface area contributed by atoms with Gasteiger partial charge in [0.2, 0.25) is 0 Å². The highest BCUT2D eigenvalue weighted by molar-refractivity contribution is 6.16. The Kier molecular flexibility index (Phi) is 7.80. The Balaban J connectivity index is 1.10. The Morgan fingerprint density at radius 1 is 0.362 bits per heavy atom. The summed E-state index contributed by atoms with van der Waals surface area (Å²) in [5.41, 5.74) is 16.3. The number of rotatable bonds is 6. The van der Waals surface area contributed by atoms with Crippen LogP contribution in [0.1, 0.15) is 25.0 Å². The SMILES string of the molecule is CC1(C)c2ccccc2-c2ccc(-c3ccc4c(c3)c3c(-c5cccc(-c6nc(-c7ccccc7)nc(-c7ccccc7)n6)c5)cccc3n4-c3ccccc3)cc21. The van der Waals surface area contributed by atoms with E-state index in [9.17, 15) is 0 Å². The lowest BCUT2D eigenvalue weighted by Crippen LogP contribution is -2.14. The Morgan fingerprint density at radius 2 is 0.897 bits per heavy atom. The van der Waals surface area contributed by atoms with Crippen molar-refractivity contribution in [2.24, 2.45) is 0 Å². The van der Waals surface area contributed by atoms with Crippen molar-refractivity contribution in [2.75, 3.05) is 0 Å². The van der Waals surface area contributed by atoms with Crippen LogP contribution in [0, 0.1) is 0 Å². The quantitative estimate of drug-likeness (QED) is 0.170. The van der Waals surface area contributed by atoms with Crippen LogP contribution in [-0.2, 0) is 5.41 Å². The van der Waals surface area contributed by atoms with Crippen molar-refractivity contribution in [2.45, 2.75) is 19.3 Å². The van der Waals surface area contributed by atoms with Crippen molar-refractivity contribution in [3.63, 3.8) is 0 Å². The summed E-state index contributed by atoms with van der Waals surface area (Å²) in [5, 5.41) is 2.41. The van der Waals surface area contributed by atoms with Crippen molar-refractivity contribution in [1.29, 1.82) is 0 Å². The molecule has 0 radical (unpaired) electrons. The van der Waals surface area contributed by atoms with E-state index in [4.69, 9.17) is 15.0 Å². The van der Waals surface area contributed by atoms with Crippen LogP contribution >= 0.6 is 0 Å². The molecule has 0 saturated heterocycles. The lowest BCUT2D eigenvalue weighted by atomic mass is 9.81. The van der Waals surface area contributed by atoms with Gasteiger partial charge in [-0.15, -0.1) is 0 Å². The molecule has 274 valence electrons. The van der Waals surface area contributed by atoms with Gasteiger partial charge in [0, 0.05) is 38.6 Å². The molecule has 0 unspecified atom stereocenters. The predicted octanol–water partition coefficient (Wildman–Crippen LogP) is 13.6. The van der Waals surface area contributed by atoms with Gasteiger partial charge in [0.1, 0.15) is 0 Å². The molecule has 0 spiro atoms. The summed E-state index contributed by atoms with van der Waals surface area (Å²) in [7, 11) is 0. The Labute approximate surface area is 337 Å². The second-order valence-electron chi connectivity index (χ2n) is 15.7. The first-order valence-corrected chi connectivity index (χ1v) is 19.9. The third-order valence-electron chi connectivity index (χ3n) is 11.9. The number of aromatic nitrogens is 4. The van der Waals surface area contributed by atoms with E-state index in [0.29, 0.717) is 17.5 Å². The van der Waals surface area contributed by atoms with Crippen LogP contribution in [0.15, 0.2) is 194 Å². The topological polar surface area (TPSA) is 43.6 Å². The molecule has 0 bridgehead atoms. The van der Waals surface area contributed by atoms with Gasteiger partial charge in [-0.2, -0.15) is 0 Å². The van der Waals surface area contributed by atoms with Crippen molar-refractivity contribution >= 4 is 21.8 Å². The fraction of sp³-hybridized carbons (Fsp3) is 0.0556. The molecule has 2 aromatic heterocycles. The van der Waals surface area contributed by atoms with Gasteiger partial charge in [-0.3, -0.25) is 0 Å². The van der Waals surface area contributed by atoms with Crippen LogP contribution in [0.3, 0.4) is 0 Å². The van der Waals surface area contributed by atoms with E-state index in [1.54, 1.807) is 0 Å². The normalized spacial score (nSPS) is 12.8. The van der Waals surface area contributed by atoms with E-state index in [-0.39, 0.29) is 5.41 Å². The average Bonchev–Trinajstić information content (AvgIpc) is 3.75. The molecule has 10 aromatic rings. The number of hydrogen-bond donors (Lipinski definition) is 0. The minimum atomic E-state index is -0.0736. The fourth-order valence-corrected chi connectivity index (χ4v) is 8.99. The van der Waals surface area contributed by atoms with Gasteiger partial charge < -0.3 is 4.57 Å². The number of hydrogen-bond acceptors (Lipinski definition) is 3. The predicted molar refractivity (Wildman–Crippen MR) is 239 cm³/mol. The molecule has 4 nitrogen and oxygen atoms in total. The molecule has 58 heavy (non-hydrogen) atoms. The molecular weight excluding hydrogens is 705 g/mol. The van der Waals surface area contributed by atoms with Gasteiger partial charge in [0.05, 0.1) is 11.0 Å². The minimum Gasteiger partial charge on any atom is -0.309 e. The summed E-state index contributed by atoms with van der Waals surface area (Å²) >= 11 is 0. The smallest absolute Gasteiger partial charge is 0.164 e. The molecule has 0 N–H and O–H groups in total. The zero-order valence-corrected chi connectivity index (χ0v) is 32.3. The third kappa shape index (κ3) is 5.48. The maximum Gasteiger partial charge on any atom is 0.164 e. The van der Waals surface area contributed by atoms with Crippen LogP contribution in [0.4, 0.5) is 0 Å². The van der Waals surface area contributed by atoms with Crippen molar-refractivity contribution < 1.29 is 0 Å². The monoisotopic (exact) mass is 742 g/mol. The molecule has 11 rings (SSSR count). The van der Waals surface area contributed by atoms with Gasteiger partial charge in [-0.1, -0.05) is 166 Å². The second kappa shape index (κ2) is 13.4. The van der Waals surface area contributed by atoms with Crippen LogP contribution in [0.5, 0.6) is 0 Å².